The van der Waals surface area contributed by atoms with E-state index in [0.29, 0.717) is 19.2 Å². The molecule has 2 atom stereocenters. The van der Waals surface area contributed by atoms with Gasteiger partial charge in [0.25, 0.3) is 5.91 Å². The van der Waals surface area contributed by atoms with Gasteiger partial charge in [-0.2, -0.15) is 18.4 Å². The van der Waals surface area contributed by atoms with Gasteiger partial charge in [0.05, 0.1) is 17.2 Å². The van der Waals surface area contributed by atoms with Crippen LogP contribution in [0.5, 0.6) is 0 Å². The van der Waals surface area contributed by atoms with Crippen LogP contribution in [0.3, 0.4) is 0 Å². The van der Waals surface area contributed by atoms with Gasteiger partial charge in [0, 0.05) is 25.4 Å². The van der Waals surface area contributed by atoms with Crippen LogP contribution in [-0.2, 0) is 20.4 Å². The first-order valence-electron chi connectivity index (χ1n) is 12.1. The predicted molar refractivity (Wildman–Crippen MR) is 126 cm³/mol. The Morgan fingerprint density at radius 2 is 1.97 bits per heavy atom. The van der Waals surface area contributed by atoms with Gasteiger partial charge in [-0.15, -0.1) is 0 Å². The lowest BCUT2D eigenvalue weighted by atomic mass is 10.0. The summed E-state index contributed by atoms with van der Waals surface area (Å²) in [6.07, 6.45) is 3.44. The summed E-state index contributed by atoms with van der Waals surface area (Å²) in [7, 11) is 1.78. The number of carbonyl (C=O) groups is 1. The quantitative estimate of drug-likeness (QED) is 0.383. The SMILES string of the molecule is CN(CCCCCCCOC1CCCCO1)C[C@](C)(O)C(=O)Nc1ccc(C#N)c(C(F)(F)F)c1. The highest BCUT2D eigenvalue weighted by atomic mass is 19.4. The number of hydrogen-bond acceptors (Lipinski definition) is 6. The van der Waals surface area contributed by atoms with Crippen LogP contribution in [-0.4, -0.2) is 61.2 Å². The maximum atomic E-state index is 13.1. The van der Waals surface area contributed by atoms with Gasteiger partial charge in [-0.05, 0) is 70.8 Å². The zero-order chi connectivity index (χ0) is 25.9. The summed E-state index contributed by atoms with van der Waals surface area (Å²) in [5.41, 5.74) is -3.61. The topological polar surface area (TPSA) is 94.8 Å². The van der Waals surface area contributed by atoms with E-state index in [1.807, 2.05) is 4.90 Å². The number of anilines is 1. The Hall–Kier alpha value is -2.19. The number of nitriles is 1. The molecule has 1 saturated heterocycles. The van der Waals surface area contributed by atoms with Gasteiger partial charge in [0.15, 0.2) is 11.9 Å². The maximum Gasteiger partial charge on any atom is 0.417 e. The fourth-order valence-corrected chi connectivity index (χ4v) is 3.97. The van der Waals surface area contributed by atoms with Gasteiger partial charge in [0.2, 0.25) is 0 Å². The zero-order valence-electron chi connectivity index (χ0n) is 20.5. The van der Waals surface area contributed by atoms with Crippen LogP contribution in [0.4, 0.5) is 18.9 Å². The van der Waals surface area contributed by atoms with Crippen molar-refractivity contribution in [3.63, 3.8) is 0 Å². The number of nitrogens with zero attached hydrogens (tertiary/aromatic N) is 2. The lowest BCUT2D eigenvalue weighted by Gasteiger charge is -2.28. The minimum atomic E-state index is -4.73. The van der Waals surface area contributed by atoms with Crippen molar-refractivity contribution in [3.8, 4) is 6.07 Å². The molecule has 0 aromatic heterocycles. The van der Waals surface area contributed by atoms with Crippen LogP contribution in [0.2, 0.25) is 0 Å². The Kier molecular flexibility index (Phi) is 11.4. The maximum absolute atomic E-state index is 13.1. The second kappa shape index (κ2) is 13.8. The van der Waals surface area contributed by atoms with E-state index in [4.69, 9.17) is 14.7 Å². The number of benzene rings is 1. The highest BCUT2D eigenvalue weighted by Gasteiger charge is 2.35. The van der Waals surface area contributed by atoms with Crippen LogP contribution >= 0.6 is 0 Å². The van der Waals surface area contributed by atoms with E-state index in [-0.39, 0.29) is 18.5 Å². The summed E-state index contributed by atoms with van der Waals surface area (Å²) in [6, 6.07) is 4.39. The van der Waals surface area contributed by atoms with Crippen molar-refractivity contribution in [2.45, 2.75) is 76.4 Å². The minimum Gasteiger partial charge on any atom is -0.379 e. The fraction of sp³-hybridized carbons (Fsp3) is 0.680. The summed E-state index contributed by atoms with van der Waals surface area (Å²) in [6.45, 7) is 3.50. The number of likely N-dealkylation sites (N-methyl/N-ethyl adjacent to an activating group) is 1. The van der Waals surface area contributed by atoms with Gasteiger partial charge in [-0.25, -0.2) is 0 Å². The lowest BCUT2D eigenvalue weighted by molar-refractivity contribution is -0.162. The molecule has 0 radical (unpaired) electrons. The smallest absolute Gasteiger partial charge is 0.379 e. The number of nitrogens with one attached hydrogen (secondary N) is 1. The Labute approximate surface area is 205 Å². The molecule has 196 valence electrons. The van der Waals surface area contributed by atoms with Crippen LogP contribution in [0.1, 0.15) is 69.4 Å². The lowest BCUT2D eigenvalue weighted by Crippen LogP contribution is -2.48. The van der Waals surface area contributed by atoms with Crippen molar-refractivity contribution in [1.29, 1.82) is 5.26 Å². The molecule has 1 amide bonds. The molecular weight excluding hydrogens is 463 g/mol. The van der Waals surface area contributed by atoms with Crippen LogP contribution in [0.25, 0.3) is 0 Å². The average molecular weight is 500 g/mol. The molecule has 1 unspecified atom stereocenters. The summed E-state index contributed by atoms with van der Waals surface area (Å²) in [5.74, 6) is -0.816. The van der Waals surface area contributed by atoms with E-state index in [1.54, 1.807) is 7.05 Å². The molecule has 1 aliphatic rings. The number of hydrogen-bond donors (Lipinski definition) is 2. The third kappa shape index (κ3) is 10.1. The number of carbonyl (C=O) groups excluding carboxylic acids is 1. The van der Waals surface area contributed by atoms with Crippen molar-refractivity contribution >= 4 is 11.6 Å². The van der Waals surface area contributed by atoms with Crippen molar-refractivity contribution in [2.24, 2.45) is 0 Å². The Morgan fingerprint density at radius 1 is 1.26 bits per heavy atom. The zero-order valence-corrected chi connectivity index (χ0v) is 20.5. The summed E-state index contributed by atoms with van der Waals surface area (Å²) < 4.78 is 50.7. The largest absolute Gasteiger partial charge is 0.417 e. The number of unbranched alkanes of at least 4 members (excludes halogenated alkanes) is 4. The van der Waals surface area contributed by atoms with E-state index < -0.39 is 28.8 Å². The fourth-order valence-electron chi connectivity index (χ4n) is 3.97. The number of alkyl halides is 3. The second-order valence-electron chi connectivity index (χ2n) is 9.27. The van der Waals surface area contributed by atoms with E-state index >= 15 is 0 Å². The minimum absolute atomic E-state index is 0.0243. The molecule has 2 rings (SSSR count). The first-order chi connectivity index (χ1) is 16.5. The standard InChI is InChI=1S/C25H36F3N3O4/c1-24(33,23(32)30-20-12-11-19(17-29)21(16-20)25(26,27)28)18-31(2)13-7-4-3-5-8-14-34-22-10-6-9-15-35-22/h11-12,16,22,33H,3-10,13-15,18H2,1-2H3,(H,30,32)/t22?,24-/m0/s1. The summed E-state index contributed by atoms with van der Waals surface area (Å²) in [4.78, 5) is 14.3. The molecule has 1 aromatic carbocycles. The number of rotatable bonds is 13. The van der Waals surface area contributed by atoms with E-state index in [0.717, 1.165) is 64.0 Å². The van der Waals surface area contributed by atoms with Crippen molar-refractivity contribution in [2.75, 3.05) is 38.7 Å². The molecule has 1 aliphatic heterocycles. The van der Waals surface area contributed by atoms with Gasteiger partial charge in [-0.3, -0.25) is 4.79 Å². The van der Waals surface area contributed by atoms with Gasteiger partial charge < -0.3 is 24.8 Å². The van der Waals surface area contributed by atoms with Crippen LogP contribution in [0, 0.1) is 11.3 Å². The van der Waals surface area contributed by atoms with Crippen molar-refractivity contribution < 1.29 is 32.5 Å². The number of aliphatic hydroxyl groups is 1. The molecule has 1 fully saturated rings. The van der Waals surface area contributed by atoms with Crippen molar-refractivity contribution in [1.82, 2.24) is 4.90 Å². The summed E-state index contributed by atoms with van der Waals surface area (Å²) >= 11 is 0. The van der Waals surface area contributed by atoms with E-state index in [9.17, 15) is 23.1 Å². The van der Waals surface area contributed by atoms with E-state index in [2.05, 4.69) is 5.32 Å². The predicted octanol–water partition coefficient (Wildman–Crippen LogP) is 4.69. The molecule has 0 aliphatic carbocycles. The Bertz CT molecular complexity index is 849. The van der Waals surface area contributed by atoms with Gasteiger partial charge >= 0.3 is 6.18 Å². The van der Waals surface area contributed by atoms with Crippen molar-refractivity contribution in [3.05, 3.63) is 29.3 Å². The van der Waals surface area contributed by atoms with Crippen LogP contribution < -0.4 is 5.32 Å². The first-order valence-corrected chi connectivity index (χ1v) is 12.1. The van der Waals surface area contributed by atoms with Crippen LogP contribution in [0.15, 0.2) is 18.2 Å². The average Bonchev–Trinajstić information content (AvgIpc) is 2.80. The molecule has 0 saturated carbocycles. The number of amides is 1. The molecule has 2 N–H and O–H groups in total. The third-order valence-electron chi connectivity index (χ3n) is 5.90. The molecule has 0 spiro atoms. The summed E-state index contributed by atoms with van der Waals surface area (Å²) in [5, 5.41) is 21.8. The second-order valence-corrected chi connectivity index (χ2v) is 9.27. The molecule has 35 heavy (non-hydrogen) atoms. The Morgan fingerprint density at radius 3 is 2.63 bits per heavy atom. The molecular formula is C25H36F3N3O4. The van der Waals surface area contributed by atoms with E-state index in [1.165, 1.54) is 19.1 Å². The molecule has 10 heteroatoms. The molecule has 0 bridgehead atoms. The highest BCUT2D eigenvalue weighted by Crippen LogP contribution is 2.33. The molecule has 7 nitrogen and oxygen atoms in total. The van der Waals surface area contributed by atoms with Gasteiger partial charge in [-0.1, -0.05) is 19.3 Å². The molecule has 1 aromatic rings. The molecule has 1 heterocycles. The highest BCUT2D eigenvalue weighted by molar-refractivity contribution is 5.97. The first kappa shape index (κ1) is 29.0. The third-order valence-corrected chi connectivity index (χ3v) is 5.90. The van der Waals surface area contributed by atoms with Gasteiger partial charge in [0.1, 0.15) is 0 Å². The monoisotopic (exact) mass is 499 g/mol. The number of halogens is 3. The number of ether oxygens (including phenoxy) is 2. The normalized spacial score (nSPS) is 18.2. The Balaban J connectivity index is 1.68.